The molecule has 0 spiro atoms. The van der Waals surface area contributed by atoms with E-state index in [1.165, 1.54) is 6.92 Å². The molecule has 0 aromatic carbocycles. The number of hydrogen-bond donors (Lipinski definition) is 2. The van der Waals surface area contributed by atoms with Crippen LogP contribution in [-0.4, -0.2) is 22.9 Å². The fourth-order valence-electron chi connectivity index (χ4n) is 0. The van der Waals surface area contributed by atoms with Crippen LogP contribution in [0.15, 0.2) is 0 Å². The van der Waals surface area contributed by atoms with Crippen LogP contribution in [0.2, 0.25) is 0 Å². The van der Waals surface area contributed by atoms with Crippen molar-refractivity contribution < 1.29 is 10.2 Å². The quantitative estimate of drug-likeness (QED) is 0.530. The minimum absolute atomic E-state index is 0.139. The predicted octanol–water partition coefficient (Wildman–Crippen LogP) is 0.590. The highest BCUT2D eigenvalue weighted by molar-refractivity contribution is 4.34. The zero-order valence-corrected chi connectivity index (χ0v) is 5.76. The van der Waals surface area contributed by atoms with E-state index in [1.54, 1.807) is 0 Å². The Morgan fingerprint density at radius 2 is 1.62 bits per heavy atom. The van der Waals surface area contributed by atoms with E-state index in [9.17, 15) is 0 Å². The first-order valence-electron chi connectivity index (χ1n) is 2.71. The number of hydrogen-bond acceptors (Lipinski definition) is 2. The van der Waals surface area contributed by atoms with Crippen LogP contribution in [0.1, 0.15) is 20.8 Å². The molecule has 0 aromatic rings. The van der Waals surface area contributed by atoms with Gasteiger partial charge in [-0.25, -0.2) is 0 Å². The summed E-state index contributed by atoms with van der Waals surface area (Å²) in [6.07, 6.45) is 1.44. The molecule has 2 nitrogen and oxygen atoms in total. The smallest absolute Gasteiger partial charge is 0.0742 e. The van der Waals surface area contributed by atoms with Crippen molar-refractivity contribution in [3.63, 3.8) is 0 Å². The third kappa shape index (κ3) is 38.9. The summed E-state index contributed by atoms with van der Waals surface area (Å²) in [6.45, 7) is 5.39. The van der Waals surface area contributed by atoms with Gasteiger partial charge in [-0.2, -0.15) is 0 Å². The van der Waals surface area contributed by atoms with Crippen LogP contribution in [0.25, 0.3) is 0 Å². The summed E-state index contributed by atoms with van der Waals surface area (Å²) in [4.78, 5) is 0. The van der Waals surface area contributed by atoms with Crippen LogP contribution in [-0.2, 0) is 0 Å². The highest BCUT2D eigenvalue weighted by Crippen LogP contribution is 1.68. The van der Waals surface area contributed by atoms with Crippen molar-refractivity contribution in [2.45, 2.75) is 26.9 Å². The monoisotopic (exact) mass is 119 g/mol. The van der Waals surface area contributed by atoms with Crippen LogP contribution in [0, 0.1) is 6.42 Å². The number of rotatable bonds is 1. The Balaban J connectivity index is 0. The van der Waals surface area contributed by atoms with Crippen LogP contribution in [0.5, 0.6) is 0 Å². The van der Waals surface area contributed by atoms with Crippen LogP contribution in [0.3, 0.4) is 0 Å². The Morgan fingerprint density at radius 3 is 1.62 bits per heavy atom. The standard InChI is InChI=1S/C3H8O2.C3H7/c1-3(5)2-4;1-3-2/h3-5H,2H2,1H3;3H,1-2H3. The largest absolute Gasteiger partial charge is 0.394 e. The molecule has 0 rings (SSSR count). The lowest BCUT2D eigenvalue weighted by Crippen LogP contribution is -2.03. The van der Waals surface area contributed by atoms with E-state index in [0.717, 1.165) is 0 Å². The molecule has 51 valence electrons. The van der Waals surface area contributed by atoms with Crippen LogP contribution >= 0.6 is 0 Å². The third-order valence-corrected chi connectivity index (χ3v) is 0.264. The molecule has 0 fully saturated rings. The molecule has 0 aliphatic rings. The molecule has 0 bridgehead atoms. The van der Waals surface area contributed by atoms with Gasteiger partial charge in [-0.05, 0) is 13.3 Å². The van der Waals surface area contributed by atoms with Gasteiger partial charge in [0.2, 0.25) is 0 Å². The fourth-order valence-corrected chi connectivity index (χ4v) is 0. The van der Waals surface area contributed by atoms with Crippen molar-refractivity contribution in [3.8, 4) is 0 Å². The lowest BCUT2D eigenvalue weighted by molar-refractivity contribution is 0.110. The predicted molar refractivity (Wildman–Crippen MR) is 34.4 cm³/mol. The number of aliphatic hydroxyl groups is 2. The maximum absolute atomic E-state index is 8.11. The van der Waals surface area contributed by atoms with Gasteiger partial charge in [-0.1, -0.05) is 13.8 Å². The molecule has 0 aromatic heterocycles. The Bertz CT molecular complexity index is 27.7. The second-order valence-corrected chi connectivity index (χ2v) is 1.61. The molecule has 2 N–H and O–H groups in total. The molecular formula is C6H15O2. The highest BCUT2D eigenvalue weighted by Gasteiger charge is 1.83. The fraction of sp³-hybridized carbons (Fsp3) is 0.833. The van der Waals surface area contributed by atoms with Gasteiger partial charge in [-0.15, -0.1) is 0 Å². The van der Waals surface area contributed by atoms with Gasteiger partial charge < -0.3 is 10.2 Å². The Kier molecular flexibility index (Phi) is 13.6. The topological polar surface area (TPSA) is 40.5 Å². The molecule has 0 saturated carbocycles. The van der Waals surface area contributed by atoms with Gasteiger partial charge in [0.25, 0.3) is 0 Å². The lowest BCUT2D eigenvalue weighted by atomic mass is 10.5. The number of aliphatic hydroxyl groups excluding tert-OH is 2. The van der Waals surface area contributed by atoms with E-state index >= 15 is 0 Å². The maximum atomic E-state index is 8.11. The van der Waals surface area contributed by atoms with Crippen LogP contribution in [0.4, 0.5) is 0 Å². The third-order valence-electron chi connectivity index (χ3n) is 0.264. The zero-order valence-electron chi connectivity index (χ0n) is 5.76. The van der Waals surface area contributed by atoms with Gasteiger partial charge in [-0.3, -0.25) is 0 Å². The highest BCUT2D eigenvalue weighted by atomic mass is 16.3. The zero-order chi connectivity index (χ0) is 6.99. The molecule has 1 unspecified atom stereocenters. The second-order valence-electron chi connectivity index (χ2n) is 1.61. The average Bonchev–Trinajstić information content (AvgIpc) is 1.69. The van der Waals surface area contributed by atoms with Crippen molar-refractivity contribution in [3.05, 3.63) is 6.42 Å². The van der Waals surface area contributed by atoms with Gasteiger partial charge >= 0.3 is 0 Å². The molecule has 0 aliphatic heterocycles. The molecule has 0 heterocycles. The van der Waals surface area contributed by atoms with Crippen molar-refractivity contribution >= 4 is 0 Å². The van der Waals surface area contributed by atoms with Gasteiger partial charge in [0.05, 0.1) is 12.7 Å². The molecule has 8 heavy (non-hydrogen) atoms. The second kappa shape index (κ2) is 10.0. The first-order valence-corrected chi connectivity index (χ1v) is 2.71. The van der Waals surface area contributed by atoms with Crippen molar-refractivity contribution in [1.82, 2.24) is 0 Å². The maximum Gasteiger partial charge on any atom is 0.0742 e. The molecule has 0 aliphatic carbocycles. The SMILES string of the molecule is CC(O)CO.C[CH]C. The van der Waals surface area contributed by atoms with E-state index in [0.29, 0.717) is 0 Å². The van der Waals surface area contributed by atoms with Crippen LogP contribution < -0.4 is 0 Å². The first-order chi connectivity index (χ1) is 3.68. The molecule has 1 atom stereocenters. The first kappa shape index (κ1) is 10.8. The van der Waals surface area contributed by atoms with Gasteiger partial charge in [0, 0.05) is 0 Å². The summed E-state index contributed by atoms with van der Waals surface area (Å²) in [7, 11) is 0. The Morgan fingerprint density at radius 1 is 1.50 bits per heavy atom. The van der Waals surface area contributed by atoms with E-state index in [2.05, 4.69) is 0 Å². The minimum atomic E-state index is -0.560. The Labute approximate surface area is 51.2 Å². The molecular weight excluding hydrogens is 104 g/mol. The van der Waals surface area contributed by atoms with Crippen molar-refractivity contribution in [2.75, 3.05) is 6.61 Å². The normalized spacial score (nSPS) is 11.6. The minimum Gasteiger partial charge on any atom is -0.394 e. The van der Waals surface area contributed by atoms with E-state index in [1.807, 2.05) is 20.3 Å². The van der Waals surface area contributed by atoms with E-state index < -0.39 is 6.10 Å². The van der Waals surface area contributed by atoms with E-state index in [4.69, 9.17) is 10.2 Å². The summed E-state index contributed by atoms with van der Waals surface area (Å²) >= 11 is 0. The van der Waals surface area contributed by atoms with Crippen molar-refractivity contribution in [2.24, 2.45) is 0 Å². The summed E-state index contributed by atoms with van der Waals surface area (Å²) < 4.78 is 0. The Hall–Kier alpha value is -0.0800. The average molecular weight is 119 g/mol. The summed E-state index contributed by atoms with van der Waals surface area (Å²) in [5, 5.41) is 16.0. The molecule has 2 heteroatoms. The van der Waals surface area contributed by atoms with Gasteiger partial charge in [0.1, 0.15) is 0 Å². The molecule has 1 radical (unpaired) electrons. The lowest BCUT2D eigenvalue weighted by Gasteiger charge is -1.90. The molecule has 0 saturated heterocycles. The summed E-state index contributed by atoms with van der Waals surface area (Å²) in [6, 6.07) is 0. The summed E-state index contributed by atoms with van der Waals surface area (Å²) in [5.74, 6) is 0. The summed E-state index contributed by atoms with van der Waals surface area (Å²) in [5.41, 5.74) is 0. The van der Waals surface area contributed by atoms with E-state index in [-0.39, 0.29) is 6.61 Å². The van der Waals surface area contributed by atoms with Crippen molar-refractivity contribution in [1.29, 1.82) is 0 Å². The molecule has 0 amide bonds. The van der Waals surface area contributed by atoms with Gasteiger partial charge in [0.15, 0.2) is 0 Å².